The summed E-state index contributed by atoms with van der Waals surface area (Å²) in [4.78, 5) is 2.49. The summed E-state index contributed by atoms with van der Waals surface area (Å²) in [5.41, 5.74) is 1.17. The second-order valence-corrected chi connectivity index (χ2v) is 6.46. The van der Waals surface area contributed by atoms with E-state index in [4.69, 9.17) is 4.74 Å². The lowest BCUT2D eigenvalue weighted by Crippen LogP contribution is -2.50. The molecule has 0 amide bonds. The number of piperidine rings is 1. The number of likely N-dealkylation sites (tertiary alicyclic amines) is 1. The van der Waals surface area contributed by atoms with Gasteiger partial charge in [-0.1, -0.05) is 26.0 Å². The summed E-state index contributed by atoms with van der Waals surface area (Å²) >= 11 is 0. The predicted molar refractivity (Wildman–Crippen MR) is 90.4 cm³/mol. The summed E-state index contributed by atoms with van der Waals surface area (Å²) in [5, 5.41) is 13.6. The molecule has 124 valence electrons. The van der Waals surface area contributed by atoms with Gasteiger partial charge in [0.1, 0.15) is 18.5 Å². The number of nitrogens with zero attached hydrogens (tertiary/aromatic N) is 1. The van der Waals surface area contributed by atoms with Crippen molar-refractivity contribution >= 4 is 0 Å². The van der Waals surface area contributed by atoms with Crippen LogP contribution in [0.15, 0.2) is 24.3 Å². The molecule has 1 fully saturated rings. The Hall–Kier alpha value is -1.10. The lowest BCUT2D eigenvalue weighted by atomic mass is 9.94. The summed E-state index contributed by atoms with van der Waals surface area (Å²) in [6.07, 6.45) is 0.678. The highest BCUT2D eigenvalue weighted by atomic mass is 16.5. The molecule has 1 heterocycles. The molecule has 1 aromatic rings. The highest BCUT2D eigenvalue weighted by Gasteiger charge is 2.25. The molecule has 3 atom stereocenters. The van der Waals surface area contributed by atoms with Crippen LogP contribution in [0.3, 0.4) is 0 Å². The first-order valence-corrected chi connectivity index (χ1v) is 8.41. The summed E-state index contributed by atoms with van der Waals surface area (Å²) < 4.78 is 5.65. The molecule has 0 bridgehead atoms. The fourth-order valence-corrected chi connectivity index (χ4v) is 3.07. The molecule has 1 saturated heterocycles. The Balaban J connectivity index is 1.68. The minimum absolute atomic E-state index is 0.332. The zero-order valence-electron chi connectivity index (χ0n) is 14.1. The van der Waals surface area contributed by atoms with E-state index >= 15 is 0 Å². The highest BCUT2D eigenvalue weighted by Crippen LogP contribution is 2.16. The van der Waals surface area contributed by atoms with Crippen LogP contribution in [0, 0.1) is 12.8 Å². The number of nitrogens with one attached hydrogen (secondary N) is 1. The van der Waals surface area contributed by atoms with Crippen LogP contribution >= 0.6 is 0 Å². The number of ether oxygens (including phenoxy) is 1. The van der Waals surface area contributed by atoms with Crippen molar-refractivity contribution in [1.82, 2.24) is 10.2 Å². The number of aliphatic hydroxyl groups is 1. The molecule has 0 spiro atoms. The number of aliphatic hydroxyl groups excluding tert-OH is 1. The van der Waals surface area contributed by atoms with E-state index in [1.165, 1.54) is 5.56 Å². The molecule has 22 heavy (non-hydrogen) atoms. The Bertz CT molecular complexity index is 452. The average molecular weight is 306 g/mol. The van der Waals surface area contributed by atoms with Gasteiger partial charge < -0.3 is 20.1 Å². The summed E-state index contributed by atoms with van der Waals surface area (Å²) in [7, 11) is 0. The highest BCUT2D eigenvalue weighted by molar-refractivity contribution is 5.27. The fourth-order valence-electron chi connectivity index (χ4n) is 3.07. The molecule has 4 heteroatoms. The lowest BCUT2D eigenvalue weighted by Gasteiger charge is -2.37. The van der Waals surface area contributed by atoms with Crippen LogP contribution in [0.5, 0.6) is 5.75 Å². The van der Waals surface area contributed by atoms with Crippen LogP contribution in [0.2, 0.25) is 0 Å². The van der Waals surface area contributed by atoms with Gasteiger partial charge in [-0.25, -0.2) is 0 Å². The molecular formula is C18H30N2O2. The lowest BCUT2D eigenvalue weighted by molar-refractivity contribution is 0.0908. The van der Waals surface area contributed by atoms with Crippen molar-refractivity contribution in [3.8, 4) is 5.75 Å². The van der Waals surface area contributed by atoms with Crippen molar-refractivity contribution in [3.63, 3.8) is 0 Å². The van der Waals surface area contributed by atoms with Gasteiger partial charge in [0, 0.05) is 19.1 Å². The summed E-state index contributed by atoms with van der Waals surface area (Å²) in [6.45, 7) is 10.9. The van der Waals surface area contributed by atoms with Crippen molar-refractivity contribution in [1.29, 1.82) is 0 Å². The fraction of sp³-hybridized carbons (Fsp3) is 0.667. The van der Waals surface area contributed by atoms with Gasteiger partial charge in [0.2, 0.25) is 0 Å². The van der Waals surface area contributed by atoms with Crippen LogP contribution in [0.25, 0.3) is 0 Å². The maximum atomic E-state index is 10.1. The molecule has 0 radical (unpaired) electrons. The zero-order chi connectivity index (χ0) is 15.9. The van der Waals surface area contributed by atoms with Crippen LogP contribution in [0.1, 0.15) is 25.8 Å². The molecule has 4 nitrogen and oxygen atoms in total. The number of rotatable bonds is 7. The van der Waals surface area contributed by atoms with E-state index in [-0.39, 0.29) is 0 Å². The van der Waals surface area contributed by atoms with Gasteiger partial charge in [-0.3, -0.25) is 0 Å². The third-order valence-electron chi connectivity index (χ3n) is 4.48. The van der Waals surface area contributed by atoms with Crippen LogP contribution in [-0.4, -0.2) is 54.9 Å². The molecule has 1 aromatic carbocycles. The van der Waals surface area contributed by atoms with Crippen LogP contribution in [-0.2, 0) is 0 Å². The van der Waals surface area contributed by atoms with E-state index < -0.39 is 6.10 Å². The van der Waals surface area contributed by atoms with Gasteiger partial charge in [-0.05, 0) is 50.0 Å². The molecule has 0 aliphatic carbocycles. The third-order valence-corrected chi connectivity index (χ3v) is 4.48. The summed E-state index contributed by atoms with van der Waals surface area (Å²) in [6, 6.07) is 8.42. The Labute approximate surface area is 134 Å². The van der Waals surface area contributed by atoms with E-state index in [9.17, 15) is 5.11 Å². The maximum Gasteiger partial charge on any atom is 0.119 e. The average Bonchev–Trinajstić information content (AvgIpc) is 2.51. The number of benzene rings is 1. The molecule has 1 aliphatic heterocycles. The van der Waals surface area contributed by atoms with Gasteiger partial charge in [0.15, 0.2) is 0 Å². The second kappa shape index (κ2) is 8.51. The van der Waals surface area contributed by atoms with E-state index in [0.29, 0.717) is 25.1 Å². The van der Waals surface area contributed by atoms with Crippen molar-refractivity contribution in [2.24, 2.45) is 5.92 Å². The maximum absolute atomic E-state index is 10.1. The van der Waals surface area contributed by atoms with Gasteiger partial charge in [-0.15, -0.1) is 0 Å². The Morgan fingerprint density at radius 3 is 2.95 bits per heavy atom. The third kappa shape index (κ3) is 5.27. The Morgan fingerprint density at radius 1 is 1.45 bits per heavy atom. The number of hydrogen-bond acceptors (Lipinski definition) is 4. The Morgan fingerprint density at radius 2 is 2.27 bits per heavy atom. The first-order chi connectivity index (χ1) is 10.6. The monoisotopic (exact) mass is 306 g/mol. The van der Waals surface area contributed by atoms with Gasteiger partial charge in [0.05, 0.1) is 0 Å². The van der Waals surface area contributed by atoms with Gasteiger partial charge in [0.25, 0.3) is 0 Å². The zero-order valence-corrected chi connectivity index (χ0v) is 14.1. The number of hydrogen-bond donors (Lipinski definition) is 2. The molecule has 1 aliphatic rings. The smallest absolute Gasteiger partial charge is 0.119 e. The predicted octanol–water partition coefficient (Wildman–Crippen LogP) is 2.05. The minimum atomic E-state index is -0.475. The van der Waals surface area contributed by atoms with Crippen molar-refractivity contribution in [3.05, 3.63) is 29.8 Å². The van der Waals surface area contributed by atoms with Gasteiger partial charge in [-0.2, -0.15) is 0 Å². The second-order valence-electron chi connectivity index (χ2n) is 6.46. The Kier molecular flexibility index (Phi) is 6.68. The standard InChI is InChI=1S/C18H30N2O2/c1-4-20-9-8-18(15(3)12-20)19-11-16(21)13-22-17-7-5-6-14(2)10-17/h5-7,10,15-16,18-19,21H,4,8-9,11-13H2,1-3H3. The van der Waals surface area contributed by atoms with Gasteiger partial charge >= 0.3 is 0 Å². The van der Waals surface area contributed by atoms with E-state index in [1.54, 1.807) is 0 Å². The minimum Gasteiger partial charge on any atom is -0.491 e. The number of aryl methyl sites for hydroxylation is 1. The van der Waals surface area contributed by atoms with Crippen molar-refractivity contribution in [2.45, 2.75) is 39.3 Å². The SMILES string of the molecule is CCN1CCC(NCC(O)COc2cccc(C)c2)C(C)C1. The largest absolute Gasteiger partial charge is 0.491 e. The molecule has 0 saturated carbocycles. The molecular weight excluding hydrogens is 276 g/mol. The van der Waals surface area contributed by atoms with E-state index in [1.807, 2.05) is 31.2 Å². The van der Waals surface area contributed by atoms with Crippen LogP contribution in [0.4, 0.5) is 0 Å². The topological polar surface area (TPSA) is 44.7 Å². The van der Waals surface area contributed by atoms with Crippen molar-refractivity contribution in [2.75, 3.05) is 32.8 Å². The molecule has 2 rings (SSSR count). The first kappa shape index (κ1) is 17.3. The molecule has 3 unspecified atom stereocenters. The van der Waals surface area contributed by atoms with Crippen molar-refractivity contribution < 1.29 is 9.84 Å². The van der Waals surface area contributed by atoms with E-state index in [2.05, 4.69) is 24.1 Å². The molecule has 2 N–H and O–H groups in total. The first-order valence-electron chi connectivity index (χ1n) is 8.41. The molecule has 0 aromatic heterocycles. The normalized spacial score (nSPS) is 24.2. The quantitative estimate of drug-likeness (QED) is 0.809. The van der Waals surface area contributed by atoms with E-state index in [0.717, 1.165) is 31.8 Å². The summed E-state index contributed by atoms with van der Waals surface area (Å²) in [5.74, 6) is 1.45. The van der Waals surface area contributed by atoms with Crippen LogP contribution < -0.4 is 10.1 Å².